The highest BCUT2D eigenvalue weighted by atomic mass is 16.7. The van der Waals surface area contributed by atoms with Crippen LogP contribution in [0.2, 0.25) is 0 Å². The van der Waals surface area contributed by atoms with E-state index in [1.165, 1.54) is 6.92 Å². The summed E-state index contributed by atoms with van der Waals surface area (Å²) < 4.78 is 23.8. The summed E-state index contributed by atoms with van der Waals surface area (Å²) in [6.45, 7) is 7.53. The Hall–Kier alpha value is -0.980. The zero-order chi connectivity index (χ0) is 21.6. The molecule has 4 saturated carbocycles. The predicted octanol–water partition coefficient (Wildman–Crippen LogP) is 3.65. The zero-order valence-electron chi connectivity index (χ0n) is 19.1. The van der Waals surface area contributed by atoms with Crippen molar-refractivity contribution in [1.82, 2.24) is 0 Å². The number of carbonyl (C=O) groups excluding carboxylic acids is 2. The molecular formula is C25H36O6. The smallest absolute Gasteiger partial charge is 0.303 e. The van der Waals surface area contributed by atoms with Crippen molar-refractivity contribution in [2.45, 2.75) is 89.6 Å². The van der Waals surface area contributed by atoms with Gasteiger partial charge in [0.2, 0.25) is 0 Å². The first-order valence-electron chi connectivity index (χ1n) is 12.3. The van der Waals surface area contributed by atoms with Crippen molar-refractivity contribution in [3.8, 4) is 0 Å². The summed E-state index contributed by atoms with van der Waals surface area (Å²) in [7, 11) is 0. The number of carbonyl (C=O) groups is 2. The van der Waals surface area contributed by atoms with E-state index in [9.17, 15) is 9.59 Å². The molecule has 0 bridgehead atoms. The van der Waals surface area contributed by atoms with Crippen LogP contribution in [0.15, 0.2) is 0 Å². The van der Waals surface area contributed by atoms with E-state index in [-0.39, 0.29) is 40.7 Å². The lowest BCUT2D eigenvalue weighted by molar-refractivity contribution is -0.226. The van der Waals surface area contributed by atoms with E-state index >= 15 is 0 Å². The standard InChI is InChI=1S/C25H36O6/c1-15(26)28-13-20(27)19-5-4-17-16-12-21-25(31-21)14-24(29-10-11-30-24)9-8-23(25,3)18(16)6-7-22(17,19)2/h16-19,21H,4-14H2,1-3H3. The van der Waals surface area contributed by atoms with Gasteiger partial charge in [0.05, 0.1) is 19.3 Å². The molecule has 172 valence electrons. The Morgan fingerprint density at radius 1 is 1.00 bits per heavy atom. The van der Waals surface area contributed by atoms with Crippen molar-refractivity contribution in [2.24, 2.45) is 34.5 Å². The van der Waals surface area contributed by atoms with Gasteiger partial charge in [0.15, 0.2) is 11.6 Å². The molecule has 0 radical (unpaired) electrons. The highest BCUT2D eigenvalue weighted by Crippen LogP contribution is 2.75. The predicted molar refractivity (Wildman–Crippen MR) is 111 cm³/mol. The lowest BCUT2D eigenvalue weighted by Gasteiger charge is -2.60. The Balaban J connectivity index is 1.24. The van der Waals surface area contributed by atoms with Crippen LogP contribution in [0.4, 0.5) is 0 Å². The van der Waals surface area contributed by atoms with E-state index in [1.807, 2.05) is 0 Å². The number of ether oxygens (including phenoxy) is 4. The third kappa shape index (κ3) is 2.67. The first kappa shape index (κ1) is 20.6. The molecule has 6 nitrogen and oxygen atoms in total. The van der Waals surface area contributed by atoms with Crippen molar-refractivity contribution in [3.05, 3.63) is 0 Å². The fourth-order valence-electron chi connectivity index (χ4n) is 9.17. The van der Waals surface area contributed by atoms with Crippen molar-refractivity contribution in [3.63, 3.8) is 0 Å². The van der Waals surface area contributed by atoms with Gasteiger partial charge in [0, 0.05) is 31.1 Å². The number of hydrogen-bond donors (Lipinski definition) is 0. The zero-order valence-corrected chi connectivity index (χ0v) is 19.1. The van der Waals surface area contributed by atoms with E-state index in [4.69, 9.17) is 18.9 Å². The molecule has 0 aromatic rings. The van der Waals surface area contributed by atoms with E-state index in [2.05, 4.69) is 13.8 Å². The minimum absolute atomic E-state index is 0.0207. The SMILES string of the molecule is CC(=O)OCC(=O)C1CCC2C3CC4OC45CC4(CCC5(C)C3CCC12C)OCCO4. The van der Waals surface area contributed by atoms with Crippen molar-refractivity contribution < 1.29 is 28.5 Å². The largest absolute Gasteiger partial charge is 0.458 e. The highest BCUT2D eigenvalue weighted by Gasteiger charge is 2.78. The molecule has 0 aromatic heterocycles. The molecular weight excluding hydrogens is 396 g/mol. The molecule has 2 heterocycles. The molecule has 2 spiro atoms. The molecule has 31 heavy (non-hydrogen) atoms. The maximum Gasteiger partial charge on any atom is 0.303 e. The van der Waals surface area contributed by atoms with E-state index in [0.29, 0.717) is 37.1 Å². The van der Waals surface area contributed by atoms with Crippen LogP contribution in [-0.4, -0.2) is 49.1 Å². The number of fused-ring (bicyclic) bond motifs is 4. The van der Waals surface area contributed by atoms with Crippen LogP contribution in [0.25, 0.3) is 0 Å². The summed E-state index contributed by atoms with van der Waals surface area (Å²) >= 11 is 0. The summed E-state index contributed by atoms with van der Waals surface area (Å²) in [5.41, 5.74) is 0.118. The third-order valence-electron chi connectivity index (χ3n) is 10.7. The molecule has 0 N–H and O–H groups in total. The fourth-order valence-corrected chi connectivity index (χ4v) is 9.17. The number of esters is 1. The minimum atomic E-state index is -0.411. The Labute approximate surface area is 184 Å². The lowest BCUT2D eigenvalue weighted by atomic mass is 9.44. The van der Waals surface area contributed by atoms with Gasteiger partial charge in [0.25, 0.3) is 0 Å². The molecule has 2 aliphatic heterocycles. The number of hydrogen-bond acceptors (Lipinski definition) is 6. The van der Waals surface area contributed by atoms with Crippen LogP contribution in [0, 0.1) is 34.5 Å². The average molecular weight is 433 g/mol. The first-order valence-corrected chi connectivity index (χ1v) is 12.3. The number of rotatable bonds is 3. The maximum atomic E-state index is 12.9. The monoisotopic (exact) mass is 432 g/mol. The van der Waals surface area contributed by atoms with E-state index in [0.717, 1.165) is 51.4 Å². The Morgan fingerprint density at radius 2 is 1.77 bits per heavy atom. The van der Waals surface area contributed by atoms with Gasteiger partial charge < -0.3 is 18.9 Å². The van der Waals surface area contributed by atoms with Gasteiger partial charge >= 0.3 is 5.97 Å². The lowest BCUT2D eigenvalue weighted by Crippen LogP contribution is -2.61. The number of Topliss-reactive ketones (excluding diaryl/α,β-unsaturated/α-hetero) is 1. The van der Waals surface area contributed by atoms with E-state index < -0.39 is 5.79 Å². The number of epoxide rings is 1. The Morgan fingerprint density at radius 3 is 2.52 bits per heavy atom. The summed E-state index contributed by atoms with van der Waals surface area (Å²) in [6.07, 6.45) is 8.67. The molecule has 8 atom stereocenters. The normalized spacial score (nSPS) is 51.4. The Kier molecular flexibility index (Phi) is 4.35. The van der Waals surface area contributed by atoms with Gasteiger partial charge in [-0.15, -0.1) is 0 Å². The number of ketones is 1. The third-order valence-corrected chi connectivity index (χ3v) is 10.7. The second-order valence-corrected chi connectivity index (χ2v) is 11.7. The molecule has 6 heteroatoms. The van der Waals surface area contributed by atoms with Gasteiger partial charge in [-0.1, -0.05) is 13.8 Å². The van der Waals surface area contributed by atoms with Crippen LogP contribution >= 0.6 is 0 Å². The van der Waals surface area contributed by atoms with Gasteiger partial charge in [-0.05, 0) is 61.7 Å². The molecule has 6 fully saturated rings. The second kappa shape index (κ2) is 6.54. The molecule has 8 unspecified atom stereocenters. The van der Waals surface area contributed by atoms with Crippen LogP contribution < -0.4 is 0 Å². The fraction of sp³-hybridized carbons (Fsp3) is 0.920. The molecule has 0 amide bonds. The van der Waals surface area contributed by atoms with Gasteiger partial charge in [-0.25, -0.2) is 0 Å². The molecule has 2 saturated heterocycles. The molecule has 6 rings (SSSR count). The van der Waals surface area contributed by atoms with Crippen LogP contribution in [0.5, 0.6) is 0 Å². The van der Waals surface area contributed by atoms with Gasteiger partial charge in [0.1, 0.15) is 12.2 Å². The Bertz CT molecular complexity index is 804. The second-order valence-electron chi connectivity index (χ2n) is 11.7. The average Bonchev–Trinajstić information content (AvgIpc) is 3.06. The minimum Gasteiger partial charge on any atom is -0.458 e. The molecule has 6 aliphatic rings. The summed E-state index contributed by atoms with van der Waals surface area (Å²) in [6, 6.07) is 0. The van der Waals surface area contributed by atoms with Crippen LogP contribution in [0.3, 0.4) is 0 Å². The quantitative estimate of drug-likeness (QED) is 0.501. The summed E-state index contributed by atoms with van der Waals surface area (Å²) in [5, 5.41) is 0. The van der Waals surface area contributed by atoms with Crippen LogP contribution in [-0.2, 0) is 28.5 Å². The maximum absolute atomic E-state index is 12.9. The van der Waals surface area contributed by atoms with Crippen molar-refractivity contribution in [1.29, 1.82) is 0 Å². The molecule has 4 aliphatic carbocycles. The topological polar surface area (TPSA) is 74.4 Å². The van der Waals surface area contributed by atoms with Crippen molar-refractivity contribution in [2.75, 3.05) is 19.8 Å². The molecule has 0 aromatic carbocycles. The van der Waals surface area contributed by atoms with E-state index in [1.54, 1.807) is 0 Å². The van der Waals surface area contributed by atoms with Crippen molar-refractivity contribution >= 4 is 11.8 Å². The van der Waals surface area contributed by atoms with Gasteiger partial charge in [-0.3, -0.25) is 9.59 Å². The summed E-state index contributed by atoms with van der Waals surface area (Å²) in [5.74, 6) is 1.18. The first-order chi connectivity index (χ1) is 14.7. The van der Waals surface area contributed by atoms with Crippen LogP contribution in [0.1, 0.15) is 72.1 Å². The summed E-state index contributed by atoms with van der Waals surface area (Å²) in [4.78, 5) is 24.2. The highest BCUT2D eigenvalue weighted by molar-refractivity contribution is 5.85. The van der Waals surface area contributed by atoms with Gasteiger partial charge in [-0.2, -0.15) is 0 Å².